The molecule has 1 aromatic heterocycles. The Kier molecular flexibility index (Phi) is 3.23. The first-order valence-electron chi connectivity index (χ1n) is 4.80. The van der Waals surface area contributed by atoms with Gasteiger partial charge in [0, 0.05) is 0 Å². The van der Waals surface area contributed by atoms with E-state index in [1.165, 1.54) is 5.56 Å². The summed E-state index contributed by atoms with van der Waals surface area (Å²) in [4.78, 5) is 0. The number of benzene rings is 1. The van der Waals surface area contributed by atoms with Crippen LogP contribution in [-0.2, 0) is 6.42 Å². The molecule has 0 bridgehead atoms. The molecule has 0 amide bonds. The van der Waals surface area contributed by atoms with Gasteiger partial charge in [0.15, 0.2) is 4.67 Å². The van der Waals surface area contributed by atoms with Crippen LogP contribution in [0.15, 0.2) is 51.6 Å². The van der Waals surface area contributed by atoms with Crippen LogP contribution in [0.2, 0.25) is 0 Å². The summed E-state index contributed by atoms with van der Waals surface area (Å²) in [6.45, 7) is 0. The topological polar surface area (TPSA) is 39.2 Å². The second kappa shape index (κ2) is 4.64. The van der Waals surface area contributed by atoms with E-state index in [9.17, 15) is 0 Å². The summed E-state index contributed by atoms with van der Waals surface area (Å²) < 4.78 is 6.13. The first-order valence-corrected chi connectivity index (χ1v) is 5.60. The Morgan fingerprint density at radius 1 is 1.13 bits per heavy atom. The Morgan fingerprint density at radius 3 is 2.47 bits per heavy atom. The van der Waals surface area contributed by atoms with E-state index in [2.05, 4.69) is 28.1 Å². The van der Waals surface area contributed by atoms with Gasteiger partial charge in [-0.15, -0.1) is 0 Å². The first kappa shape index (κ1) is 10.5. The van der Waals surface area contributed by atoms with Crippen LogP contribution in [0.3, 0.4) is 0 Å². The fourth-order valence-electron chi connectivity index (χ4n) is 1.50. The van der Waals surface area contributed by atoms with Crippen molar-refractivity contribution in [2.75, 3.05) is 0 Å². The molecule has 0 saturated heterocycles. The molecule has 1 atom stereocenters. The molecule has 0 aliphatic carbocycles. The predicted molar refractivity (Wildman–Crippen MR) is 63.5 cm³/mol. The minimum absolute atomic E-state index is 0.0845. The van der Waals surface area contributed by atoms with Gasteiger partial charge in [-0.25, -0.2) is 0 Å². The molecule has 15 heavy (non-hydrogen) atoms. The molecule has 3 heteroatoms. The summed E-state index contributed by atoms with van der Waals surface area (Å²) in [5.41, 5.74) is 7.25. The third kappa shape index (κ3) is 2.70. The molecular weight excluding hydrogens is 254 g/mol. The monoisotopic (exact) mass is 265 g/mol. The van der Waals surface area contributed by atoms with Gasteiger partial charge in [-0.05, 0) is 40.0 Å². The quantitative estimate of drug-likeness (QED) is 0.925. The molecule has 0 aliphatic rings. The highest BCUT2D eigenvalue weighted by Gasteiger charge is 2.10. The molecular formula is C12H12BrNO. The van der Waals surface area contributed by atoms with Gasteiger partial charge in [0.05, 0.1) is 6.04 Å². The Balaban J connectivity index is 2.07. The Hall–Kier alpha value is -1.06. The molecule has 2 rings (SSSR count). The number of furan rings is 1. The number of hydrogen-bond acceptors (Lipinski definition) is 2. The molecule has 78 valence electrons. The largest absolute Gasteiger partial charge is 0.453 e. The molecule has 2 aromatic rings. The van der Waals surface area contributed by atoms with E-state index in [4.69, 9.17) is 10.2 Å². The molecule has 2 N–H and O–H groups in total. The summed E-state index contributed by atoms with van der Waals surface area (Å²) in [7, 11) is 0. The molecule has 0 spiro atoms. The van der Waals surface area contributed by atoms with Crippen LogP contribution >= 0.6 is 15.9 Å². The van der Waals surface area contributed by atoms with Gasteiger partial charge in [0.25, 0.3) is 0 Å². The van der Waals surface area contributed by atoms with Crippen LogP contribution in [0.25, 0.3) is 0 Å². The number of rotatable bonds is 3. The Morgan fingerprint density at radius 2 is 1.87 bits per heavy atom. The number of hydrogen-bond donors (Lipinski definition) is 1. The number of nitrogens with two attached hydrogens (primary N) is 1. The standard InChI is InChI=1S/C12H12BrNO/c13-12-7-6-11(15-12)10(14)8-9-4-2-1-3-5-9/h1-7,10H,8,14H2. The molecule has 0 radical (unpaired) electrons. The molecule has 0 aliphatic heterocycles. The zero-order valence-corrected chi connectivity index (χ0v) is 9.78. The van der Waals surface area contributed by atoms with Crippen LogP contribution in [0, 0.1) is 0 Å². The van der Waals surface area contributed by atoms with E-state index in [0.29, 0.717) is 0 Å². The van der Waals surface area contributed by atoms with Gasteiger partial charge in [-0.1, -0.05) is 30.3 Å². The van der Waals surface area contributed by atoms with E-state index in [0.717, 1.165) is 16.9 Å². The molecule has 2 nitrogen and oxygen atoms in total. The van der Waals surface area contributed by atoms with Gasteiger partial charge in [-0.2, -0.15) is 0 Å². The maximum absolute atomic E-state index is 6.03. The second-order valence-electron chi connectivity index (χ2n) is 3.44. The van der Waals surface area contributed by atoms with Crippen molar-refractivity contribution in [3.63, 3.8) is 0 Å². The third-order valence-corrected chi connectivity index (χ3v) is 2.68. The van der Waals surface area contributed by atoms with Crippen molar-refractivity contribution in [2.45, 2.75) is 12.5 Å². The van der Waals surface area contributed by atoms with Crippen molar-refractivity contribution in [3.05, 3.63) is 58.5 Å². The lowest BCUT2D eigenvalue weighted by atomic mass is 10.1. The fourth-order valence-corrected chi connectivity index (χ4v) is 1.82. The lowest BCUT2D eigenvalue weighted by Crippen LogP contribution is -2.12. The lowest BCUT2D eigenvalue weighted by molar-refractivity contribution is 0.448. The van der Waals surface area contributed by atoms with Crippen LogP contribution in [0.1, 0.15) is 17.4 Å². The second-order valence-corrected chi connectivity index (χ2v) is 4.22. The summed E-state index contributed by atoms with van der Waals surface area (Å²) in [6, 6.07) is 13.8. The highest BCUT2D eigenvalue weighted by molar-refractivity contribution is 9.10. The van der Waals surface area contributed by atoms with E-state index in [1.807, 2.05) is 30.3 Å². The first-order chi connectivity index (χ1) is 7.25. The van der Waals surface area contributed by atoms with Crippen molar-refractivity contribution >= 4 is 15.9 Å². The Labute approximate surface area is 97.2 Å². The summed E-state index contributed by atoms with van der Waals surface area (Å²) in [5.74, 6) is 0.811. The third-order valence-electron chi connectivity index (χ3n) is 2.26. The summed E-state index contributed by atoms with van der Waals surface area (Å²) in [5, 5.41) is 0. The highest BCUT2D eigenvalue weighted by atomic mass is 79.9. The van der Waals surface area contributed by atoms with Crippen molar-refractivity contribution in [1.82, 2.24) is 0 Å². The van der Waals surface area contributed by atoms with Gasteiger partial charge >= 0.3 is 0 Å². The molecule has 0 saturated carbocycles. The summed E-state index contributed by atoms with van der Waals surface area (Å²) >= 11 is 3.26. The van der Waals surface area contributed by atoms with Gasteiger partial charge in [-0.3, -0.25) is 0 Å². The van der Waals surface area contributed by atoms with E-state index < -0.39 is 0 Å². The highest BCUT2D eigenvalue weighted by Crippen LogP contribution is 2.21. The van der Waals surface area contributed by atoms with E-state index >= 15 is 0 Å². The maximum Gasteiger partial charge on any atom is 0.169 e. The predicted octanol–water partition coefficient (Wildman–Crippen LogP) is 3.28. The molecule has 0 fully saturated rings. The molecule has 1 heterocycles. The average molecular weight is 266 g/mol. The van der Waals surface area contributed by atoms with Crippen LogP contribution in [0.5, 0.6) is 0 Å². The average Bonchev–Trinajstić information content (AvgIpc) is 2.66. The molecule has 1 aromatic carbocycles. The van der Waals surface area contributed by atoms with Crippen LogP contribution in [-0.4, -0.2) is 0 Å². The van der Waals surface area contributed by atoms with Gasteiger partial charge < -0.3 is 10.2 Å². The fraction of sp³-hybridized carbons (Fsp3) is 0.167. The maximum atomic E-state index is 6.03. The van der Waals surface area contributed by atoms with Crippen molar-refractivity contribution in [1.29, 1.82) is 0 Å². The smallest absolute Gasteiger partial charge is 0.169 e. The van der Waals surface area contributed by atoms with Gasteiger partial charge in [0.1, 0.15) is 5.76 Å². The van der Waals surface area contributed by atoms with E-state index in [1.54, 1.807) is 0 Å². The van der Waals surface area contributed by atoms with Crippen LogP contribution < -0.4 is 5.73 Å². The van der Waals surface area contributed by atoms with E-state index in [-0.39, 0.29) is 6.04 Å². The summed E-state index contributed by atoms with van der Waals surface area (Å²) in [6.07, 6.45) is 0.792. The minimum Gasteiger partial charge on any atom is -0.453 e. The zero-order valence-electron chi connectivity index (χ0n) is 8.19. The normalized spacial score (nSPS) is 12.7. The zero-order chi connectivity index (χ0) is 10.7. The van der Waals surface area contributed by atoms with Crippen molar-refractivity contribution in [3.8, 4) is 0 Å². The minimum atomic E-state index is -0.0845. The molecule has 1 unspecified atom stereocenters. The lowest BCUT2D eigenvalue weighted by Gasteiger charge is -2.08. The van der Waals surface area contributed by atoms with Crippen LogP contribution in [0.4, 0.5) is 0 Å². The number of halogens is 1. The Bertz CT molecular complexity index is 424. The van der Waals surface area contributed by atoms with Crippen molar-refractivity contribution < 1.29 is 4.42 Å². The van der Waals surface area contributed by atoms with Gasteiger partial charge in [0.2, 0.25) is 0 Å². The SMILES string of the molecule is NC(Cc1ccccc1)c1ccc(Br)o1. The van der Waals surface area contributed by atoms with Crippen molar-refractivity contribution in [2.24, 2.45) is 5.73 Å².